The van der Waals surface area contributed by atoms with Crippen LogP contribution in [0.25, 0.3) is 11.0 Å². The van der Waals surface area contributed by atoms with E-state index in [1.807, 2.05) is 0 Å². The molecule has 1 aromatic heterocycles. The number of benzene rings is 1. The Morgan fingerprint density at radius 1 is 1.19 bits per heavy atom. The summed E-state index contributed by atoms with van der Waals surface area (Å²) in [6.07, 6.45) is 1.13. The molecule has 0 atom stereocenters. The average molecular weight is 216 g/mol. The minimum absolute atomic E-state index is 0.459. The number of hydrogen-bond acceptors (Lipinski definition) is 1. The van der Waals surface area contributed by atoms with Crippen molar-refractivity contribution < 1.29 is 0 Å². The average Bonchev–Trinajstić information content (AvgIpc) is 2.59. The molecule has 2 heteroatoms. The summed E-state index contributed by atoms with van der Waals surface area (Å²) < 4.78 is 0. The molecule has 0 unspecified atom stereocenters. The van der Waals surface area contributed by atoms with E-state index in [1.54, 1.807) is 0 Å². The molecule has 2 nitrogen and oxygen atoms in total. The summed E-state index contributed by atoms with van der Waals surface area (Å²) in [5, 5.41) is 0. The molecule has 86 valence electrons. The van der Waals surface area contributed by atoms with E-state index in [9.17, 15) is 0 Å². The van der Waals surface area contributed by atoms with Crippen LogP contribution in [0.3, 0.4) is 0 Å². The number of H-pyrrole nitrogens is 1. The molecule has 1 aromatic carbocycles. The van der Waals surface area contributed by atoms with Gasteiger partial charge in [-0.1, -0.05) is 33.8 Å². The molecule has 0 aliphatic rings. The fourth-order valence-electron chi connectivity index (χ4n) is 1.95. The summed E-state index contributed by atoms with van der Waals surface area (Å²) in [6, 6.07) is 6.54. The smallest absolute Gasteiger partial charge is 0.109 e. The van der Waals surface area contributed by atoms with E-state index in [0.29, 0.717) is 11.8 Å². The largest absolute Gasteiger partial charge is 0.342 e. The molecule has 1 N–H and O–H groups in total. The zero-order valence-corrected chi connectivity index (χ0v) is 10.5. The van der Waals surface area contributed by atoms with Crippen LogP contribution in [0.1, 0.15) is 45.0 Å². The Hall–Kier alpha value is -1.31. The second kappa shape index (κ2) is 4.28. The van der Waals surface area contributed by atoms with Crippen LogP contribution in [0.4, 0.5) is 0 Å². The summed E-state index contributed by atoms with van der Waals surface area (Å²) >= 11 is 0. The van der Waals surface area contributed by atoms with Crippen molar-refractivity contribution in [1.29, 1.82) is 0 Å². The first-order chi connectivity index (χ1) is 7.56. The predicted octanol–water partition coefficient (Wildman–Crippen LogP) is 3.88. The molecule has 0 fully saturated rings. The van der Waals surface area contributed by atoms with Gasteiger partial charge in [0.25, 0.3) is 0 Å². The zero-order valence-electron chi connectivity index (χ0n) is 10.5. The molecule has 0 aliphatic carbocycles. The maximum absolute atomic E-state index is 4.58. The molecule has 16 heavy (non-hydrogen) atoms. The lowest BCUT2D eigenvalue weighted by Crippen LogP contribution is -1.93. The maximum Gasteiger partial charge on any atom is 0.109 e. The molecular formula is C14H20N2. The van der Waals surface area contributed by atoms with E-state index < -0.39 is 0 Å². The topological polar surface area (TPSA) is 28.7 Å². The summed E-state index contributed by atoms with van der Waals surface area (Å²) in [5.41, 5.74) is 3.64. The number of aromatic nitrogens is 2. The van der Waals surface area contributed by atoms with Gasteiger partial charge in [0.15, 0.2) is 0 Å². The minimum atomic E-state index is 0.459. The Kier molecular flexibility index (Phi) is 2.99. The van der Waals surface area contributed by atoms with Gasteiger partial charge in [0.05, 0.1) is 11.0 Å². The summed E-state index contributed by atoms with van der Waals surface area (Å²) in [4.78, 5) is 7.97. The minimum Gasteiger partial charge on any atom is -0.342 e. The SMILES string of the molecule is CC(C)Cc1ccc2nc(C(C)C)[nH]c2c1. The summed E-state index contributed by atoms with van der Waals surface area (Å²) in [7, 11) is 0. The van der Waals surface area contributed by atoms with Crippen molar-refractivity contribution in [2.45, 2.75) is 40.0 Å². The quantitative estimate of drug-likeness (QED) is 0.828. The molecule has 0 radical (unpaired) electrons. The number of nitrogens with one attached hydrogen (secondary N) is 1. The van der Waals surface area contributed by atoms with Crippen LogP contribution in [-0.4, -0.2) is 9.97 Å². The molecule has 2 rings (SSSR count). The van der Waals surface area contributed by atoms with Crippen molar-refractivity contribution in [3.05, 3.63) is 29.6 Å². The molecule has 0 saturated carbocycles. The van der Waals surface area contributed by atoms with Crippen LogP contribution < -0.4 is 0 Å². The number of hydrogen-bond donors (Lipinski definition) is 1. The fraction of sp³-hybridized carbons (Fsp3) is 0.500. The van der Waals surface area contributed by atoms with Crippen LogP contribution in [0, 0.1) is 5.92 Å². The van der Waals surface area contributed by atoms with Gasteiger partial charge in [-0.25, -0.2) is 4.98 Å². The van der Waals surface area contributed by atoms with Gasteiger partial charge >= 0.3 is 0 Å². The van der Waals surface area contributed by atoms with Crippen LogP contribution in [-0.2, 0) is 6.42 Å². The van der Waals surface area contributed by atoms with Crippen LogP contribution >= 0.6 is 0 Å². The van der Waals surface area contributed by atoms with E-state index in [-0.39, 0.29) is 0 Å². The molecular weight excluding hydrogens is 196 g/mol. The maximum atomic E-state index is 4.58. The predicted molar refractivity (Wildman–Crippen MR) is 68.7 cm³/mol. The Balaban J connectivity index is 2.38. The van der Waals surface area contributed by atoms with E-state index >= 15 is 0 Å². The highest BCUT2D eigenvalue weighted by Crippen LogP contribution is 2.19. The van der Waals surface area contributed by atoms with Crippen LogP contribution in [0.2, 0.25) is 0 Å². The van der Waals surface area contributed by atoms with E-state index in [1.165, 1.54) is 11.1 Å². The fourth-order valence-corrected chi connectivity index (χ4v) is 1.95. The molecule has 0 aliphatic heterocycles. The third-order valence-corrected chi connectivity index (χ3v) is 2.76. The number of rotatable bonds is 3. The third kappa shape index (κ3) is 2.26. The van der Waals surface area contributed by atoms with Crippen molar-refractivity contribution in [3.63, 3.8) is 0 Å². The van der Waals surface area contributed by atoms with E-state index in [4.69, 9.17) is 0 Å². The molecule has 0 saturated heterocycles. The van der Waals surface area contributed by atoms with Gasteiger partial charge in [-0.2, -0.15) is 0 Å². The highest BCUT2D eigenvalue weighted by Gasteiger charge is 2.07. The Bertz CT molecular complexity index is 480. The first-order valence-electron chi connectivity index (χ1n) is 6.05. The lowest BCUT2D eigenvalue weighted by atomic mass is 10.0. The van der Waals surface area contributed by atoms with Crippen LogP contribution in [0.15, 0.2) is 18.2 Å². The molecule has 1 heterocycles. The lowest BCUT2D eigenvalue weighted by Gasteiger charge is -2.03. The number of aromatic amines is 1. The molecule has 2 aromatic rings. The van der Waals surface area contributed by atoms with Gasteiger partial charge in [-0.3, -0.25) is 0 Å². The van der Waals surface area contributed by atoms with Gasteiger partial charge in [0.1, 0.15) is 5.82 Å². The van der Waals surface area contributed by atoms with E-state index in [2.05, 4.69) is 55.9 Å². The number of imidazole rings is 1. The van der Waals surface area contributed by atoms with Gasteiger partial charge in [-0.05, 0) is 30.0 Å². The molecule has 0 amide bonds. The van der Waals surface area contributed by atoms with Crippen molar-refractivity contribution in [2.24, 2.45) is 5.92 Å². The highest BCUT2D eigenvalue weighted by molar-refractivity contribution is 5.76. The van der Waals surface area contributed by atoms with E-state index in [0.717, 1.165) is 17.8 Å². The molecule has 0 bridgehead atoms. The van der Waals surface area contributed by atoms with Crippen molar-refractivity contribution >= 4 is 11.0 Å². The number of fused-ring (bicyclic) bond motifs is 1. The zero-order chi connectivity index (χ0) is 11.7. The second-order valence-electron chi connectivity index (χ2n) is 5.23. The molecule has 0 spiro atoms. The van der Waals surface area contributed by atoms with Gasteiger partial charge in [0, 0.05) is 5.92 Å². The first-order valence-corrected chi connectivity index (χ1v) is 6.05. The summed E-state index contributed by atoms with van der Waals surface area (Å²) in [6.45, 7) is 8.81. The normalized spacial score (nSPS) is 11.9. The van der Waals surface area contributed by atoms with Gasteiger partial charge in [-0.15, -0.1) is 0 Å². The Morgan fingerprint density at radius 3 is 2.56 bits per heavy atom. The lowest BCUT2D eigenvalue weighted by molar-refractivity contribution is 0.648. The van der Waals surface area contributed by atoms with Crippen molar-refractivity contribution in [3.8, 4) is 0 Å². The Labute approximate surface area is 97.1 Å². The van der Waals surface area contributed by atoms with Crippen LogP contribution in [0.5, 0.6) is 0 Å². The van der Waals surface area contributed by atoms with Gasteiger partial charge in [0.2, 0.25) is 0 Å². The monoisotopic (exact) mass is 216 g/mol. The number of nitrogens with zero attached hydrogens (tertiary/aromatic N) is 1. The Morgan fingerprint density at radius 2 is 1.94 bits per heavy atom. The van der Waals surface area contributed by atoms with Gasteiger partial charge < -0.3 is 4.98 Å². The third-order valence-electron chi connectivity index (χ3n) is 2.76. The van der Waals surface area contributed by atoms with Crippen molar-refractivity contribution in [2.75, 3.05) is 0 Å². The summed E-state index contributed by atoms with van der Waals surface area (Å²) in [5.74, 6) is 2.24. The van der Waals surface area contributed by atoms with Crippen molar-refractivity contribution in [1.82, 2.24) is 9.97 Å². The standard InChI is InChI=1S/C14H20N2/c1-9(2)7-11-5-6-12-13(8-11)16-14(15-12)10(3)4/h5-6,8-10H,7H2,1-4H3,(H,15,16). The highest BCUT2D eigenvalue weighted by atomic mass is 14.9. The second-order valence-corrected chi connectivity index (χ2v) is 5.23. The first kappa shape index (κ1) is 11.2.